The van der Waals surface area contributed by atoms with Crippen molar-refractivity contribution in [3.8, 4) is 0 Å². The third-order valence-electron chi connectivity index (χ3n) is 7.17. The van der Waals surface area contributed by atoms with Crippen molar-refractivity contribution in [2.24, 2.45) is 0 Å². The van der Waals surface area contributed by atoms with E-state index in [1.807, 2.05) is 0 Å². The van der Waals surface area contributed by atoms with E-state index in [1.165, 1.54) is 4.57 Å². The van der Waals surface area contributed by atoms with Crippen LogP contribution in [0.25, 0.3) is 22.2 Å². The molecule has 0 saturated carbocycles. The monoisotopic (exact) mass is 629 g/mol. The Labute approximate surface area is 238 Å². The summed E-state index contributed by atoms with van der Waals surface area (Å²) in [5.74, 6) is -1.06. The van der Waals surface area contributed by atoms with E-state index in [9.17, 15) is 28.9 Å². The molecule has 4 aromatic heterocycles. The van der Waals surface area contributed by atoms with E-state index < -0.39 is 75.5 Å². The molecule has 0 radical (unpaired) electrons. The number of aliphatic hydroxyl groups excluding tert-OH is 2. The highest BCUT2D eigenvalue weighted by molar-refractivity contribution is 7.47. The number of imidazole rings is 1. The van der Waals surface area contributed by atoms with Gasteiger partial charge in [0.25, 0.3) is 5.56 Å². The Balaban J connectivity index is 1.18. The Morgan fingerprint density at radius 1 is 1.19 bits per heavy atom. The van der Waals surface area contributed by atoms with Crippen LogP contribution in [0, 0.1) is 5.82 Å². The molecule has 232 valence electrons. The molecule has 4 aromatic rings. The van der Waals surface area contributed by atoms with Gasteiger partial charge in [0.05, 0.1) is 30.5 Å². The topological polar surface area (TPSA) is 261 Å². The summed E-state index contributed by atoms with van der Waals surface area (Å²) in [4.78, 5) is 40.7. The van der Waals surface area contributed by atoms with Crippen LogP contribution < -0.4 is 17.0 Å². The molecule has 18 nitrogen and oxygen atoms in total. The Kier molecular flexibility index (Phi) is 7.63. The lowest BCUT2D eigenvalue weighted by Gasteiger charge is -2.24. The number of rotatable bonds is 9. The number of alkyl halides is 1. The largest absolute Gasteiger partial charge is 0.472 e. The number of nitrogens with zero attached hydrogens (tertiary/aromatic N) is 6. The minimum Gasteiger partial charge on any atom is -0.396 e. The van der Waals surface area contributed by atoms with E-state index in [1.54, 1.807) is 0 Å². The van der Waals surface area contributed by atoms with Gasteiger partial charge in [-0.25, -0.2) is 28.3 Å². The predicted molar refractivity (Wildman–Crippen MR) is 140 cm³/mol. The molecule has 2 fully saturated rings. The predicted octanol–water partition coefficient (Wildman–Crippen LogP) is -0.364. The number of nitrogen functional groups attached to an aromatic ring is 2. The first kappa shape index (κ1) is 29.5. The Morgan fingerprint density at radius 3 is 2.74 bits per heavy atom. The summed E-state index contributed by atoms with van der Waals surface area (Å²) < 4.78 is 67.0. The van der Waals surface area contributed by atoms with Crippen LogP contribution in [0.4, 0.5) is 20.5 Å². The molecule has 0 spiro atoms. The second-order valence-electron chi connectivity index (χ2n) is 9.91. The molecule has 0 aliphatic carbocycles. The number of ether oxygens (including phenoxy) is 2. The van der Waals surface area contributed by atoms with Crippen molar-refractivity contribution >= 4 is 41.8 Å². The fourth-order valence-electron chi connectivity index (χ4n) is 5.19. The average molecular weight is 629 g/mol. The van der Waals surface area contributed by atoms with Gasteiger partial charge in [0.1, 0.15) is 30.6 Å². The number of phosphoric acid groups is 1. The molecule has 1 unspecified atom stereocenters. The summed E-state index contributed by atoms with van der Waals surface area (Å²) >= 11 is 0. The summed E-state index contributed by atoms with van der Waals surface area (Å²) in [7, 11) is -5.08. The minimum atomic E-state index is -5.08. The zero-order chi connectivity index (χ0) is 30.6. The first-order valence-electron chi connectivity index (χ1n) is 12.9. The van der Waals surface area contributed by atoms with Gasteiger partial charge in [-0.1, -0.05) is 0 Å². The van der Waals surface area contributed by atoms with Crippen molar-refractivity contribution in [2.45, 2.75) is 55.9 Å². The third-order valence-corrected chi connectivity index (χ3v) is 8.15. The lowest BCUT2D eigenvalue weighted by atomic mass is 10.1. The van der Waals surface area contributed by atoms with Gasteiger partial charge in [-0.15, -0.1) is 0 Å². The van der Waals surface area contributed by atoms with Crippen molar-refractivity contribution in [1.29, 1.82) is 0 Å². The van der Waals surface area contributed by atoms with Gasteiger partial charge in [-0.2, -0.15) is 4.98 Å². The lowest BCUT2D eigenvalue weighted by Crippen LogP contribution is -2.32. The number of aliphatic hydroxyl groups is 2. The van der Waals surface area contributed by atoms with Gasteiger partial charge in [0, 0.05) is 19.2 Å². The van der Waals surface area contributed by atoms with Crippen LogP contribution in [0.5, 0.6) is 0 Å². The summed E-state index contributed by atoms with van der Waals surface area (Å²) in [6.45, 7) is -1.15. The van der Waals surface area contributed by atoms with Gasteiger partial charge >= 0.3 is 7.82 Å². The number of halogens is 2. The molecule has 21 heteroatoms. The highest BCUT2D eigenvalue weighted by atomic mass is 31.2. The van der Waals surface area contributed by atoms with Crippen molar-refractivity contribution in [3.63, 3.8) is 0 Å². The zero-order valence-corrected chi connectivity index (χ0v) is 22.8. The van der Waals surface area contributed by atoms with E-state index in [2.05, 4.69) is 24.9 Å². The molecule has 43 heavy (non-hydrogen) atoms. The quantitative estimate of drug-likeness (QED) is 0.129. The molecule has 0 amide bonds. The normalized spacial score (nSPS) is 29.1. The summed E-state index contributed by atoms with van der Waals surface area (Å²) in [6.07, 6.45) is -6.86. The molecule has 2 aliphatic rings. The van der Waals surface area contributed by atoms with Gasteiger partial charge in [0.15, 0.2) is 35.0 Å². The van der Waals surface area contributed by atoms with E-state index in [-0.39, 0.29) is 46.8 Å². The maximum Gasteiger partial charge on any atom is 0.472 e. The molecule has 2 aliphatic heterocycles. The van der Waals surface area contributed by atoms with E-state index in [0.717, 1.165) is 23.4 Å². The number of anilines is 2. The van der Waals surface area contributed by atoms with Crippen LogP contribution in [-0.4, -0.2) is 93.0 Å². The fraction of sp³-hybridized carbons (Fsp3) is 0.500. The fourth-order valence-corrected chi connectivity index (χ4v) is 6.11. The van der Waals surface area contributed by atoms with Crippen LogP contribution in [0.2, 0.25) is 0 Å². The highest BCUT2D eigenvalue weighted by Crippen LogP contribution is 2.51. The summed E-state index contributed by atoms with van der Waals surface area (Å²) in [5, 5.41) is 19.9. The van der Waals surface area contributed by atoms with Crippen molar-refractivity contribution in [2.75, 3.05) is 24.7 Å². The van der Waals surface area contributed by atoms with Crippen LogP contribution in [0.1, 0.15) is 25.3 Å². The second-order valence-corrected chi connectivity index (χ2v) is 11.3. The number of nitrogens with one attached hydrogen (secondary N) is 1. The van der Waals surface area contributed by atoms with Crippen molar-refractivity contribution in [3.05, 3.63) is 35.0 Å². The van der Waals surface area contributed by atoms with E-state index >= 15 is 4.39 Å². The van der Waals surface area contributed by atoms with Gasteiger partial charge in [0.2, 0.25) is 5.95 Å². The van der Waals surface area contributed by atoms with Gasteiger partial charge < -0.3 is 40.6 Å². The van der Waals surface area contributed by atoms with Gasteiger partial charge in [-0.3, -0.25) is 23.4 Å². The van der Waals surface area contributed by atoms with Crippen LogP contribution in [0.15, 0.2) is 23.6 Å². The standard InChI is InChI=1S/C22H26F2N9O9P/c23-8-4-32(18-13(8)17(25)27-6-28-18)12-3-9(35)11(40-12)5-39-43(37,38)42-16-14(24)10(1-2-34)41-21(16)33-7-29-15-19(33)30-22(26)31-20(15)36/h4,6-7,9-12,14,16,21,34-35H,1-3,5H2,(H,37,38)(H2,25,27,28)(H3,26,30,31,36)/t9-,10+,11+,12+,14+,16+,21+/m0/s1. The molecule has 6 rings (SSSR count). The number of hydrogen-bond acceptors (Lipinski definition) is 14. The average Bonchev–Trinajstić information content (AvgIpc) is 3.69. The van der Waals surface area contributed by atoms with E-state index in [4.69, 9.17) is 30.0 Å². The number of fused-ring (bicyclic) bond motifs is 2. The Hall–Kier alpha value is -3.62. The second kappa shape index (κ2) is 11.1. The smallest absolute Gasteiger partial charge is 0.396 e. The minimum absolute atomic E-state index is 0.0321. The maximum absolute atomic E-state index is 15.5. The van der Waals surface area contributed by atoms with Crippen molar-refractivity contribution in [1.82, 2.24) is 34.1 Å². The maximum atomic E-state index is 15.5. The molecule has 6 heterocycles. The molecular formula is C22H26F2N9O9P. The van der Waals surface area contributed by atoms with Crippen LogP contribution >= 0.6 is 7.82 Å². The first-order chi connectivity index (χ1) is 20.5. The SMILES string of the molecule is Nc1nc2c(ncn2[C@@H]2O[C@H](CCO)[C@@H](F)[C@H]2OP(=O)(O)OC[C@H]2O[C@@H](n3cc(F)c4c(N)ncnc43)C[C@@H]2O)c(=O)[nH]1. The van der Waals surface area contributed by atoms with Crippen LogP contribution in [0.3, 0.4) is 0 Å². The zero-order valence-electron chi connectivity index (χ0n) is 21.9. The Bertz CT molecular complexity index is 1770. The third kappa shape index (κ3) is 5.36. The molecule has 2 saturated heterocycles. The number of phosphoric ester groups is 1. The van der Waals surface area contributed by atoms with Gasteiger partial charge in [-0.05, 0) is 6.42 Å². The number of nitrogens with two attached hydrogens (primary N) is 2. The molecule has 0 aromatic carbocycles. The first-order valence-corrected chi connectivity index (χ1v) is 14.4. The van der Waals surface area contributed by atoms with Crippen LogP contribution in [-0.2, 0) is 23.1 Å². The molecule has 8 atom stereocenters. The van der Waals surface area contributed by atoms with Crippen molar-refractivity contribution < 1.29 is 47.0 Å². The number of H-pyrrole nitrogens is 1. The Morgan fingerprint density at radius 2 is 1.98 bits per heavy atom. The molecular weight excluding hydrogens is 603 g/mol. The molecule has 0 bridgehead atoms. The number of hydrogen-bond donors (Lipinski definition) is 6. The summed E-state index contributed by atoms with van der Waals surface area (Å²) in [6, 6.07) is 0. The van der Waals surface area contributed by atoms with E-state index in [0.29, 0.717) is 0 Å². The lowest BCUT2D eigenvalue weighted by molar-refractivity contribution is -0.0564. The number of aromatic nitrogens is 7. The highest BCUT2D eigenvalue weighted by Gasteiger charge is 2.51. The summed E-state index contributed by atoms with van der Waals surface area (Å²) in [5.41, 5.74) is 10.5. The number of aromatic amines is 1. The molecule has 8 N–H and O–H groups in total.